The zero-order chi connectivity index (χ0) is 19.6. The number of unbranched alkanes of at least 4 members (excludes halogenated alkanes) is 1. The van der Waals surface area contributed by atoms with Crippen LogP contribution < -0.4 is 4.74 Å². The van der Waals surface area contributed by atoms with Gasteiger partial charge >= 0.3 is 5.97 Å². The predicted octanol–water partition coefficient (Wildman–Crippen LogP) is 5.39. The average Bonchev–Trinajstić information content (AvgIpc) is 2.74. The van der Waals surface area contributed by atoms with Gasteiger partial charge < -0.3 is 14.2 Å². The highest BCUT2D eigenvalue weighted by molar-refractivity contribution is 5.95. The van der Waals surface area contributed by atoms with E-state index in [-0.39, 0.29) is 12.6 Å². The number of rotatable bonds is 10. The molecule has 0 heterocycles. The van der Waals surface area contributed by atoms with Crippen molar-refractivity contribution < 1.29 is 19.0 Å². The van der Waals surface area contributed by atoms with E-state index in [0.717, 1.165) is 34.9 Å². The summed E-state index contributed by atoms with van der Waals surface area (Å²) < 4.78 is 16.6. The summed E-state index contributed by atoms with van der Waals surface area (Å²) in [5.74, 6) is 0.473. The monoisotopic (exact) mass is 378 g/mol. The lowest BCUT2D eigenvalue weighted by atomic mass is 10.1. The van der Waals surface area contributed by atoms with Crippen molar-refractivity contribution in [1.29, 1.82) is 0 Å². The summed E-state index contributed by atoms with van der Waals surface area (Å²) in [5, 5.41) is 1.99. The van der Waals surface area contributed by atoms with Crippen LogP contribution in [0.15, 0.2) is 66.7 Å². The third kappa shape index (κ3) is 5.83. The molecule has 146 valence electrons. The molecule has 0 N–H and O–H groups in total. The number of esters is 1. The van der Waals surface area contributed by atoms with Crippen LogP contribution in [0.4, 0.5) is 0 Å². The van der Waals surface area contributed by atoms with Crippen molar-refractivity contribution >= 4 is 16.7 Å². The van der Waals surface area contributed by atoms with E-state index in [0.29, 0.717) is 25.4 Å². The highest BCUT2D eigenvalue weighted by Gasteiger charge is 2.08. The molecule has 0 aromatic heterocycles. The average molecular weight is 378 g/mol. The van der Waals surface area contributed by atoms with Crippen molar-refractivity contribution in [2.45, 2.75) is 26.4 Å². The highest BCUT2D eigenvalue weighted by Crippen LogP contribution is 2.23. The van der Waals surface area contributed by atoms with Crippen molar-refractivity contribution in [3.05, 3.63) is 77.9 Å². The standard InChI is InChI=1S/C24H26O4/c1-2-3-13-26-14-15-27-24(25)22-10-9-21-17-23(12-11-20(21)16-22)28-18-19-7-5-4-6-8-19/h4-12,16-17H,2-3,13-15,18H2,1H3. The second-order valence-corrected chi connectivity index (χ2v) is 6.60. The molecule has 0 bridgehead atoms. The maximum Gasteiger partial charge on any atom is 0.338 e. The van der Waals surface area contributed by atoms with Crippen LogP contribution in [0.3, 0.4) is 0 Å². The molecule has 0 spiro atoms. The fourth-order valence-corrected chi connectivity index (χ4v) is 2.81. The molecule has 0 aliphatic heterocycles. The molecule has 4 nitrogen and oxygen atoms in total. The van der Waals surface area contributed by atoms with E-state index in [1.54, 1.807) is 6.07 Å². The Labute approximate surface area is 166 Å². The summed E-state index contributed by atoms with van der Waals surface area (Å²) in [6.07, 6.45) is 2.12. The van der Waals surface area contributed by atoms with E-state index < -0.39 is 0 Å². The van der Waals surface area contributed by atoms with Gasteiger partial charge in [-0.25, -0.2) is 4.79 Å². The smallest absolute Gasteiger partial charge is 0.338 e. The summed E-state index contributed by atoms with van der Waals surface area (Å²) >= 11 is 0. The van der Waals surface area contributed by atoms with E-state index in [9.17, 15) is 4.79 Å². The topological polar surface area (TPSA) is 44.8 Å². The number of fused-ring (bicyclic) bond motifs is 1. The summed E-state index contributed by atoms with van der Waals surface area (Å²) in [7, 11) is 0. The lowest BCUT2D eigenvalue weighted by Crippen LogP contribution is -2.11. The zero-order valence-electron chi connectivity index (χ0n) is 16.2. The molecule has 28 heavy (non-hydrogen) atoms. The SMILES string of the molecule is CCCCOCCOC(=O)c1ccc2cc(OCc3ccccc3)ccc2c1. The van der Waals surface area contributed by atoms with E-state index in [1.165, 1.54) is 0 Å². The Balaban J connectivity index is 1.55. The van der Waals surface area contributed by atoms with E-state index in [4.69, 9.17) is 14.2 Å². The van der Waals surface area contributed by atoms with Crippen molar-refractivity contribution in [3.63, 3.8) is 0 Å². The molecule has 0 saturated carbocycles. The summed E-state index contributed by atoms with van der Waals surface area (Å²) in [5.41, 5.74) is 1.67. The Morgan fingerprint density at radius 2 is 1.64 bits per heavy atom. The molecule has 3 rings (SSSR count). The fourth-order valence-electron chi connectivity index (χ4n) is 2.81. The maximum absolute atomic E-state index is 12.2. The molecule has 0 amide bonds. The van der Waals surface area contributed by atoms with Gasteiger partial charge in [0.15, 0.2) is 0 Å². The van der Waals surface area contributed by atoms with Gasteiger partial charge in [-0.1, -0.05) is 55.8 Å². The van der Waals surface area contributed by atoms with Crippen LogP contribution in [-0.2, 0) is 16.1 Å². The lowest BCUT2D eigenvalue weighted by molar-refractivity contribution is 0.0314. The second-order valence-electron chi connectivity index (χ2n) is 6.60. The number of hydrogen-bond acceptors (Lipinski definition) is 4. The minimum Gasteiger partial charge on any atom is -0.489 e. The Kier molecular flexibility index (Phi) is 7.44. The van der Waals surface area contributed by atoms with Crippen LogP contribution in [0.25, 0.3) is 10.8 Å². The van der Waals surface area contributed by atoms with Crippen LogP contribution in [0.2, 0.25) is 0 Å². The maximum atomic E-state index is 12.2. The first-order valence-electron chi connectivity index (χ1n) is 9.71. The molecule has 0 saturated heterocycles. The van der Waals surface area contributed by atoms with Crippen LogP contribution in [0, 0.1) is 0 Å². The molecular weight excluding hydrogens is 352 g/mol. The van der Waals surface area contributed by atoms with Gasteiger partial charge in [-0.05, 0) is 47.0 Å². The van der Waals surface area contributed by atoms with Crippen LogP contribution in [0.5, 0.6) is 5.75 Å². The van der Waals surface area contributed by atoms with Crippen molar-refractivity contribution in [1.82, 2.24) is 0 Å². The van der Waals surface area contributed by atoms with Crippen LogP contribution in [-0.4, -0.2) is 25.8 Å². The highest BCUT2D eigenvalue weighted by atomic mass is 16.6. The van der Waals surface area contributed by atoms with E-state index in [1.807, 2.05) is 60.7 Å². The molecule has 0 atom stereocenters. The molecule has 0 radical (unpaired) electrons. The third-order valence-electron chi connectivity index (χ3n) is 4.40. The fraction of sp³-hybridized carbons (Fsp3) is 0.292. The molecule has 0 aliphatic rings. The summed E-state index contributed by atoms with van der Waals surface area (Å²) in [6.45, 7) is 4.05. The minimum atomic E-state index is -0.328. The first kappa shape index (κ1) is 19.9. The van der Waals surface area contributed by atoms with Gasteiger partial charge in [0.05, 0.1) is 12.2 Å². The van der Waals surface area contributed by atoms with Gasteiger partial charge in [0.1, 0.15) is 19.0 Å². The second kappa shape index (κ2) is 10.5. The minimum absolute atomic E-state index is 0.271. The lowest BCUT2D eigenvalue weighted by Gasteiger charge is -2.09. The molecule has 4 heteroatoms. The van der Waals surface area contributed by atoms with Crippen molar-refractivity contribution in [2.24, 2.45) is 0 Å². The summed E-state index contributed by atoms with van der Waals surface area (Å²) in [6, 6.07) is 21.5. The Morgan fingerprint density at radius 1 is 0.857 bits per heavy atom. The van der Waals surface area contributed by atoms with Crippen molar-refractivity contribution in [2.75, 3.05) is 19.8 Å². The van der Waals surface area contributed by atoms with Crippen molar-refractivity contribution in [3.8, 4) is 5.75 Å². The Hall–Kier alpha value is -2.85. The summed E-state index contributed by atoms with van der Waals surface area (Å²) in [4.78, 5) is 12.2. The van der Waals surface area contributed by atoms with Crippen LogP contribution in [0.1, 0.15) is 35.7 Å². The van der Waals surface area contributed by atoms with Gasteiger partial charge in [0, 0.05) is 6.61 Å². The number of carbonyl (C=O) groups is 1. The van der Waals surface area contributed by atoms with Gasteiger partial charge in [-0.3, -0.25) is 0 Å². The van der Waals surface area contributed by atoms with Gasteiger partial charge in [0.25, 0.3) is 0 Å². The molecule has 0 fully saturated rings. The predicted molar refractivity (Wildman–Crippen MR) is 111 cm³/mol. The van der Waals surface area contributed by atoms with E-state index in [2.05, 4.69) is 6.92 Å². The molecule has 3 aromatic carbocycles. The first-order valence-corrected chi connectivity index (χ1v) is 9.71. The number of benzene rings is 3. The number of hydrogen-bond donors (Lipinski definition) is 0. The molecule has 3 aromatic rings. The van der Waals surface area contributed by atoms with Gasteiger partial charge in [-0.2, -0.15) is 0 Å². The Morgan fingerprint density at radius 3 is 2.46 bits per heavy atom. The molecule has 0 aliphatic carbocycles. The zero-order valence-corrected chi connectivity index (χ0v) is 16.2. The quantitative estimate of drug-likeness (QED) is 0.350. The Bertz CT molecular complexity index is 890. The number of ether oxygens (including phenoxy) is 3. The van der Waals surface area contributed by atoms with Crippen LogP contribution >= 0.6 is 0 Å². The molecular formula is C24H26O4. The van der Waals surface area contributed by atoms with Gasteiger partial charge in [-0.15, -0.1) is 0 Å². The van der Waals surface area contributed by atoms with Gasteiger partial charge in [0.2, 0.25) is 0 Å². The largest absolute Gasteiger partial charge is 0.489 e. The molecule has 0 unspecified atom stereocenters. The van der Waals surface area contributed by atoms with E-state index >= 15 is 0 Å². The third-order valence-corrected chi connectivity index (χ3v) is 4.40. The normalized spacial score (nSPS) is 10.8. The number of carbonyl (C=O) groups excluding carboxylic acids is 1. The first-order chi connectivity index (χ1) is 13.8.